The first-order valence-corrected chi connectivity index (χ1v) is 7.69. The lowest BCUT2D eigenvalue weighted by Crippen LogP contribution is -2.28. The fourth-order valence-electron chi connectivity index (χ4n) is 3.32. The maximum atomic E-state index is 10.1. The molecule has 0 spiro atoms. The second kappa shape index (κ2) is 6.98. The van der Waals surface area contributed by atoms with Crippen LogP contribution in [0.25, 0.3) is 0 Å². The lowest BCUT2D eigenvalue weighted by Gasteiger charge is -2.30. The molecule has 0 heterocycles. The number of methoxy groups -OCH3 is 1. The molecule has 20 heavy (non-hydrogen) atoms. The summed E-state index contributed by atoms with van der Waals surface area (Å²) in [6, 6.07) is 5.99. The van der Waals surface area contributed by atoms with Crippen LogP contribution in [0.3, 0.4) is 0 Å². The van der Waals surface area contributed by atoms with E-state index in [2.05, 4.69) is 18.0 Å². The van der Waals surface area contributed by atoms with Gasteiger partial charge in [-0.25, -0.2) is 0 Å². The number of aliphatic hydroxyl groups excluding tert-OH is 1. The summed E-state index contributed by atoms with van der Waals surface area (Å²) in [5, 5.41) is 10.1. The molecule has 0 unspecified atom stereocenters. The molecule has 3 nitrogen and oxygen atoms in total. The largest absolute Gasteiger partial charge is 0.496 e. The minimum atomic E-state index is -0.519. The SMILES string of the molecule is COc1cccc(N(C)CC2CCCCC2)c1[C@H](C)O. The van der Waals surface area contributed by atoms with Gasteiger partial charge in [0, 0.05) is 24.8 Å². The Bertz CT molecular complexity index is 425. The third-order valence-electron chi connectivity index (χ3n) is 4.35. The zero-order chi connectivity index (χ0) is 14.5. The number of aliphatic hydroxyl groups is 1. The van der Waals surface area contributed by atoms with Gasteiger partial charge in [-0.2, -0.15) is 0 Å². The van der Waals surface area contributed by atoms with E-state index in [1.165, 1.54) is 32.1 Å². The number of hydrogen-bond donors (Lipinski definition) is 1. The quantitative estimate of drug-likeness (QED) is 0.889. The van der Waals surface area contributed by atoms with E-state index in [1.54, 1.807) is 14.0 Å². The van der Waals surface area contributed by atoms with Gasteiger partial charge in [0.05, 0.1) is 13.2 Å². The van der Waals surface area contributed by atoms with Crippen LogP contribution in [-0.4, -0.2) is 25.8 Å². The first kappa shape index (κ1) is 15.2. The molecule has 1 saturated carbocycles. The maximum absolute atomic E-state index is 10.1. The second-order valence-electron chi connectivity index (χ2n) is 5.95. The van der Waals surface area contributed by atoms with Crippen molar-refractivity contribution in [3.8, 4) is 5.75 Å². The highest BCUT2D eigenvalue weighted by atomic mass is 16.5. The highest BCUT2D eigenvalue weighted by molar-refractivity contribution is 5.60. The topological polar surface area (TPSA) is 32.7 Å². The van der Waals surface area contributed by atoms with Crippen LogP contribution in [0.5, 0.6) is 5.75 Å². The number of hydrogen-bond acceptors (Lipinski definition) is 3. The molecule has 2 rings (SSSR count). The molecule has 0 aliphatic heterocycles. The Morgan fingerprint density at radius 2 is 2.00 bits per heavy atom. The Hall–Kier alpha value is -1.22. The van der Waals surface area contributed by atoms with Crippen LogP contribution in [0.15, 0.2) is 18.2 Å². The smallest absolute Gasteiger partial charge is 0.126 e. The van der Waals surface area contributed by atoms with Crippen LogP contribution >= 0.6 is 0 Å². The molecule has 3 heteroatoms. The Labute approximate surface area is 122 Å². The first-order chi connectivity index (χ1) is 9.63. The highest BCUT2D eigenvalue weighted by Crippen LogP contribution is 2.35. The monoisotopic (exact) mass is 277 g/mol. The molecule has 1 aromatic rings. The van der Waals surface area contributed by atoms with Crippen molar-refractivity contribution in [2.45, 2.75) is 45.1 Å². The minimum absolute atomic E-state index is 0.519. The van der Waals surface area contributed by atoms with Gasteiger partial charge in [-0.3, -0.25) is 0 Å². The van der Waals surface area contributed by atoms with Gasteiger partial charge >= 0.3 is 0 Å². The lowest BCUT2D eigenvalue weighted by molar-refractivity contribution is 0.194. The summed E-state index contributed by atoms with van der Waals surface area (Å²) in [5.74, 6) is 1.55. The summed E-state index contributed by atoms with van der Waals surface area (Å²) >= 11 is 0. The Morgan fingerprint density at radius 3 is 2.60 bits per heavy atom. The molecule has 0 bridgehead atoms. The highest BCUT2D eigenvalue weighted by Gasteiger charge is 2.20. The van der Waals surface area contributed by atoms with Gasteiger partial charge in [0.15, 0.2) is 0 Å². The van der Waals surface area contributed by atoms with Crippen LogP contribution in [0.1, 0.15) is 50.7 Å². The number of nitrogens with zero attached hydrogens (tertiary/aromatic N) is 1. The molecular weight excluding hydrogens is 250 g/mol. The van der Waals surface area contributed by atoms with Crippen molar-refractivity contribution in [1.82, 2.24) is 0 Å². The van der Waals surface area contributed by atoms with E-state index in [9.17, 15) is 5.11 Å². The number of anilines is 1. The van der Waals surface area contributed by atoms with Gasteiger partial charge in [-0.15, -0.1) is 0 Å². The molecule has 1 aliphatic rings. The van der Waals surface area contributed by atoms with Crippen LogP contribution in [0.2, 0.25) is 0 Å². The zero-order valence-electron chi connectivity index (χ0n) is 12.9. The van der Waals surface area contributed by atoms with E-state index >= 15 is 0 Å². The van der Waals surface area contributed by atoms with Crippen molar-refractivity contribution < 1.29 is 9.84 Å². The predicted molar refractivity (Wildman–Crippen MR) is 83.5 cm³/mol. The Morgan fingerprint density at radius 1 is 1.30 bits per heavy atom. The predicted octanol–water partition coefficient (Wildman–Crippen LogP) is 3.77. The standard InChI is InChI=1S/C17H27NO2/c1-13(19)17-15(10-7-11-16(17)20-3)18(2)12-14-8-5-4-6-9-14/h7,10-11,13-14,19H,4-6,8-9,12H2,1-3H3/t13-/m0/s1. The van der Waals surface area contributed by atoms with Gasteiger partial charge < -0.3 is 14.7 Å². The second-order valence-corrected chi connectivity index (χ2v) is 5.95. The van der Waals surface area contributed by atoms with Gasteiger partial charge in [0.1, 0.15) is 5.75 Å². The lowest BCUT2D eigenvalue weighted by atomic mass is 9.89. The van der Waals surface area contributed by atoms with Crippen molar-refractivity contribution in [2.75, 3.05) is 25.6 Å². The molecule has 1 fully saturated rings. The molecule has 1 atom stereocenters. The average Bonchev–Trinajstić information content (AvgIpc) is 2.47. The molecule has 1 aromatic carbocycles. The fraction of sp³-hybridized carbons (Fsp3) is 0.647. The summed E-state index contributed by atoms with van der Waals surface area (Å²) in [6.45, 7) is 2.86. The molecule has 1 N–H and O–H groups in total. The van der Waals surface area contributed by atoms with E-state index in [1.807, 2.05) is 12.1 Å². The third-order valence-corrected chi connectivity index (χ3v) is 4.35. The van der Waals surface area contributed by atoms with Crippen LogP contribution < -0.4 is 9.64 Å². The van der Waals surface area contributed by atoms with E-state index < -0.39 is 6.10 Å². The molecule has 0 amide bonds. The maximum Gasteiger partial charge on any atom is 0.126 e. The van der Waals surface area contributed by atoms with Crippen LogP contribution in [0.4, 0.5) is 5.69 Å². The zero-order valence-corrected chi connectivity index (χ0v) is 12.9. The van der Waals surface area contributed by atoms with E-state index in [0.717, 1.165) is 29.5 Å². The van der Waals surface area contributed by atoms with Gasteiger partial charge in [-0.1, -0.05) is 25.3 Å². The summed E-state index contributed by atoms with van der Waals surface area (Å²) < 4.78 is 5.40. The van der Waals surface area contributed by atoms with Gasteiger partial charge in [0.25, 0.3) is 0 Å². The summed E-state index contributed by atoms with van der Waals surface area (Å²) in [7, 11) is 3.78. The van der Waals surface area contributed by atoms with Crippen molar-refractivity contribution in [2.24, 2.45) is 5.92 Å². The molecule has 0 aromatic heterocycles. The Balaban J connectivity index is 2.17. The summed E-state index contributed by atoms with van der Waals surface area (Å²) in [6.07, 6.45) is 6.25. The fourth-order valence-corrected chi connectivity index (χ4v) is 3.32. The molecule has 0 radical (unpaired) electrons. The third kappa shape index (κ3) is 3.45. The molecule has 1 aliphatic carbocycles. The minimum Gasteiger partial charge on any atom is -0.496 e. The van der Waals surface area contributed by atoms with Gasteiger partial charge in [-0.05, 0) is 37.8 Å². The first-order valence-electron chi connectivity index (χ1n) is 7.69. The van der Waals surface area contributed by atoms with Crippen LogP contribution in [0, 0.1) is 5.92 Å². The number of benzene rings is 1. The van der Waals surface area contributed by atoms with E-state index in [-0.39, 0.29) is 0 Å². The molecule has 0 saturated heterocycles. The average molecular weight is 277 g/mol. The van der Waals surface area contributed by atoms with E-state index in [0.29, 0.717) is 0 Å². The van der Waals surface area contributed by atoms with Gasteiger partial charge in [0.2, 0.25) is 0 Å². The molecule has 112 valence electrons. The van der Waals surface area contributed by atoms with Crippen molar-refractivity contribution in [1.29, 1.82) is 0 Å². The van der Waals surface area contributed by atoms with Crippen LogP contribution in [-0.2, 0) is 0 Å². The van der Waals surface area contributed by atoms with Crippen molar-refractivity contribution >= 4 is 5.69 Å². The van der Waals surface area contributed by atoms with E-state index in [4.69, 9.17) is 4.74 Å². The number of rotatable bonds is 5. The van der Waals surface area contributed by atoms with Crippen molar-refractivity contribution in [3.05, 3.63) is 23.8 Å². The summed E-state index contributed by atoms with van der Waals surface area (Å²) in [5.41, 5.74) is 1.98. The number of ether oxygens (including phenoxy) is 1. The Kier molecular flexibility index (Phi) is 5.30. The summed E-state index contributed by atoms with van der Waals surface area (Å²) in [4.78, 5) is 2.28. The molecular formula is C17H27NO2. The van der Waals surface area contributed by atoms with Crippen molar-refractivity contribution in [3.63, 3.8) is 0 Å². The normalized spacial score (nSPS) is 17.8.